The standard InChI is InChI=1S/C19H31N/c1-16(2)15-19(13-7-8-14-19)18(20-3)12-11-17-9-5-4-6-10-17/h4-6,9-10,16,18,20H,7-8,11-15H2,1-3H3. The van der Waals surface area contributed by atoms with Crippen molar-refractivity contribution in [2.45, 2.75) is 64.8 Å². The van der Waals surface area contributed by atoms with E-state index < -0.39 is 0 Å². The molecule has 1 aromatic rings. The molecule has 0 amide bonds. The first-order valence-electron chi connectivity index (χ1n) is 8.37. The SMILES string of the molecule is CNC(CCc1ccccc1)C1(CC(C)C)CCCC1. The fourth-order valence-electron chi connectivity index (χ4n) is 4.30. The van der Waals surface area contributed by atoms with Crippen LogP contribution >= 0.6 is 0 Å². The Kier molecular flexibility index (Phi) is 5.65. The molecule has 0 aromatic heterocycles. The summed E-state index contributed by atoms with van der Waals surface area (Å²) in [6.45, 7) is 4.76. The predicted octanol–water partition coefficient (Wildman–Crippen LogP) is 4.81. The van der Waals surface area contributed by atoms with Gasteiger partial charge in [0.25, 0.3) is 0 Å². The molecule has 0 radical (unpaired) electrons. The largest absolute Gasteiger partial charge is 0.316 e. The number of rotatable bonds is 7. The first kappa shape index (κ1) is 15.6. The maximum Gasteiger partial charge on any atom is 0.0124 e. The molecule has 1 N–H and O–H groups in total. The normalized spacial score (nSPS) is 19.4. The Hall–Kier alpha value is -0.820. The highest BCUT2D eigenvalue weighted by atomic mass is 14.9. The predicted molar refractivity (Wildman–Crippen MR) is 88.0 cm³/mol. The summed E-state index contributed by atoms with van der Waals surface area (Å²) in [5.74, 6) is 0.806. The minimum atomic E-state index is 0.553. The highest BCUT2D eigenvalue weighted by Gasteiger charge is 2.40. The van der Waals surface area contributed by atoms with Gasteiger partial charge in [0.1, 0.15) is 0 Å². The third-order valence-corrected chi connectivity index (χ3v) is 5.07. The molecule has 1 nitrogen and oxygen atoms in total. The van der Waals surface area contributed by atoms with E-state index in [-0.39, 0.29) is 0 Å². The highest BCUT2D eigenvalue weighted by molar-refractivity contribution is 5.15. The Morgan fingerprint density at radius 1 is 1.10 bits per heavy atom. The van der Waals surface area contributed by atoms with E-state index in [0.29, 0.717) is 11.5 Å². The lowest BCUT2D eigenvalue weighted by Crippen LogP contribution is -2.43. The fraction of sp³-hybridized carbons (Fsp3) is 0.684. The fourth-order valence-corrected chi connectivity index (χ4v) is 4.30. The van der Waals surface area contributed by atoms with Gasteiger partial charge >= 0.3 is 0 Å². The summed E-state index contributed by atoms with van der Waals surface area (Å²) in [7, 11) is 2.16. The molecule has 0 heterocycles. The summed E-state index contributed by atoms with van der Waals surface area (Å²) in [5, 5.41) is 3.66. The lowest BCUT2D eigenvalue weighted by Gasteiger charge is -2.39. The van der Waals surface area contributed by atoms with Crippen molar-refractivity contribution in [1.29, 1.82) is 0 Å². The van der Waals surface area contributed by atoms with Gasteiger partial charge in [-0.1, -0.05) is 57.0 Å². The maximum absolute atomic E-state index is 3.66. The zero-order chi connectivity index (χ0) is 14.4. The summed E-state index contributed by atoms with van der Waals surface area (Å²) in [6.07, 6.45) is 9.55. The molecule has 1 atom stereocenters. The second-order valence-corrected chi connectivity index (χ2v) is 7.03. The van der Waals surface area contributed by atoms with Crippen molar-refractivity contribution >= 4 is 0 Å². The maximum atomic E-state index is 3.66. The van der Waals surface area contributed by atoms with Gasteiger partial charge in [0, 0.05) is 6.04 Å². The topological polar surface area (TPSA) is 12.0 Å². The van der Waals surface area contributed by atoms with Crippen LogP contribution in [0, 0.1) is 11.3 Å². The van der Waals surface area contributed by atoms with E-state index >= 15 is 0 Å². The molecule has 1 heteroatoms. The van der Waals surface area contributed by atoms with E-state index in [1.807, 2.05) is 0 Å². The van der Waals surface area contributed by atoms with E-state index in [0.717, 1.165) is 5.92 Å². The number of hydrogen-bond acceptors (Lipinski definition) is 1. The van der Waals surface area contributed by atoms with Gasteiger partial charge in [0.15, 0.2) is 0 Å². The summed E-state index contributed by atoms with van der Waals surface area (Å²) in [5.41, 5.74) is 2.03. The molecule has 1 aliphatic carbocycles. The van der Waals surface area contributed by atoms with Gasteiger partial charge in [-0.3, -0.25) is 0 Å². The number of benzene rings is 1. The van der Waals surface area contributed by atoms with Crippen molar-refractivity contribution in [1.82, 2.24) is 5.32 Å². The van der Waals surface area contributed by atoms with Crippen molar-refractivity contribution in [2.24, 2.45) is 11.3 Å². The van der Waals surface area contributed by atoms with Gasteiger partial charge in [-0.2, -0.15) is 0 Å². The van der Waals surface area contributed by atoms with E-state index in [9.17, 15) is 0 Å². The smallest absolute Gasteiger partial charge is 0.0124 e. The van der Waals surface area contributed by atoms with Crippen molar-refractivity contribution in [3.05, 3.63) is 35.9 Å². The Morgan fingerprint density at radius 2 is 1.75 bits per heavy atom. The summed E-state index contributed by atoms with van der Waals surface area (Å²) >= 11 is 0. The molecule has 112 valence electrons. The highest BCUT2D eigenvalue weighted by Crippen LogP contribution is 2.46. The average molecular weight is 273 g/mol. The van der Waals surface area contributed by atoms with E-state index in [1.54, 1.807) is 0 Å². The van der Waals surface area contributed by atoms with Gasteiger partial charge < -0.3 is 5.32 Å². The molecule has 1 aromatic carbocycles. The van der Waals surface area contributed by atoms with Crippen LogP contribution in [0.3, 0.4) is 0 Å². The molecule has 1 fully saturated rings. The molecular formula is C19H31N. The zero-order valence-corrected chi connectivity index (χ0v) is 13.5. The molecule has 0 saturated heterocycles. The second kappa shape index (κ2) is 7.26. The molecule has 1 aliphatic rings. The molecule has 1 unspecified atom stereocenters. The van der Waals surface area contributed by atoms with Crippen LogP contribution in [0.2, 0.25) is 0 Å². The van der Waals surface area contributed by atoms with Crippen LogP contribution in [-0.2, 0) is 6.42 Å². The Balaban J connectivity index is 2.01. The Bertz CT molecular complexity index is 376. The third-order valence-electron chi connectivity index (χ3n) is 5.07. The van der Waals surface area contributed by atoms with E-state index in [2.05, 4.69) is 56.5 Å². The molecule has 0 bridgehead atoms. The van der Waals surface area contributed by atoms with Crippen LogP contribution in [0.25, 0.3) is 0 Å². The first-order valence-corrected chi connectivity index (χ1v) is 8.37. The van der Waals surface area contributed by atoms with Gasteiger partial charge in [0.05, 0.1) is 0 Å². The van der Waals surface area contributed by atoms with E-state index in [1.165, 1.54) is 50.5 Å². The monoisotopic (exact) mass is 273 g/mol. The van der Waals surface area contributed by atoms with Gasteiger partial charge in [0.2, 0.25) is 0 Å². The quantitative estimate of drug-likeness (QED) is 0.751. The second-order valence-electron chi connectivity index (χ2n) is 7.03. The van der Waals surface area contributed by atoms with Crippen LogP contribution in [0.4, 0.5) is 0 Å². The van der Waals surface area contributed by atoms with Crippen LogP contribution in [-0.4, -0.2) is 13.1 Å². The minimum Gasteiger partial charge on any atom is -0.316 e. The third kappa shape index (κ3) is 3.85. The van der Waals surface area contributed by atoms with Gasteiger partial charge in [-0.25, -0.2) is 0 Å². The van der Waals surface area contributed by atoms with E-state index in [4.69, 9.17) is 0 Å². The number of nitrogens with one attached hydrogen (secondary N) is 1. The summed E-state index contributed by atoms with van der Waals surface area (Å²) < 4.78 is 0. The molecular weight excluding hydrogens is 242 g/mol. The lowest BCUT2D eigenvalue weighted by molar-refractivity contribution is 0.154. The molecule has 0 spiro atoms. The first-order chi connectivity index (χ1) is 9.66. The summed E-state index contributed by atoms with van der Waals surface area (Å²) in [6, 6.07) is 11.6. The summed E-state index contributed by atoms with van der Waals surface area (Å²) in [4.78, 5) is 0. The Labute approximate surface area is 125 Å². The molecule has 20 heavy (non-hydrogen) atoms. The zero-order valence-electron chi connectivity index (χ0n) is 13.5. The van der Waals surface area contributed by atoms with Crippen LogP contribution in [0.15, 0.2) is 30.3 Å². The number of aryl methyl sites for hydroxylation is 1. The van der Waals surface area contributed by atoms with Crippen molar-refractivity contribution in [2.75, 3.05) is 7.05 Å². The molecule has 2 rings (SSSR count). The number of hydrogen-bond donors (Lipinski definition) is 1. The van der Waals surface area contributed by atoms with Crippen LogP contribution < -0.4 is 5.32 Å². The van der Waals surface area contributed by atoms with Crippen LogP contribution in [0.5, 0.6) is 0 Å². The van der Waals surface area contributed by atoms with Gasteiger partial charge in [-0.05, 0) is 56.0 Å². The Morgan fingerprint density at radius 3 is 2.30 bits per heavy atom. The molecule has 1 saturated carbocycles. The van der Waals surface area contributed by atoms with Crippen LogP contribution in [0.1, 0.15) is 57.9 Å². The minimum absolute atomic E-state index is 0.553. The lowest BCUT2D eigenvalue weighted by atomic mass is 9.71. The van der Waals surface area contributed by atoms with Crippen molar-refractivity contribution in [3.8, 4) is 0 Å². The van der Waals surface area contributed by atoms with Crippen molar-refractivity contribution < 1.29 is 0 Å². The van der Waals surface area contributed by atoms with Crippen molar-refractivity contribution in [3.63, 3.8) is 0 Å². The molecule has 0 aliphatic heterocycles. The average Bonchev–Trinajstić information content (AvgIpc) is 2.89. The van der Waals surface area contributed by atoms with Gasteiger partial charge in [-0.15, -0.1) is 0 Å².